The van der Waals surface area contributed by atoms with Crippen molar-refractivity contribution in [1.29, 1.82) is 0 Å². The zero-order valence-corrected chi connectivity index (χ0v) is 9.29. The summed E-state index contributed by atoms with van der Waals surface area (Å²) in [5, 5.41) is 13.8. The zero-order chi connectivity index (χ0) is 12.8. The molecule has 2 atom stereocenters. The summed E-state index contributed by atoms with van der Waals surface area (Å²) in [6.07, 6.45) is -2.93. The molecule has 1 saturated carbocycles. The summed E-state index contributed by atoms with van der Waals surface area (Å²) < 4.78 is 39.0. The van der Waals surface area contributed by atoms with Gasteiger partial charge in [0.05, 0.1) is 5.92 Å². The Morgan fingerprint density at radius 2 is 2.18 bits per heavy atom. The number of aliphatic hydroxyl groups is 1. The molecule has 1 heterocycles. The van der Waals surface area contributed by atoms with E-state index in [2.05, 4.69) is 5.10 Å². The average Bonchev–Trinajstić information content (AvgIpc) is 2.54. The van der Waals surface area contributed by atoms with E-state index in [1.807, 2.05) is 0 Å². The molecule has 2 rings (SSSR count). The van der Waals surface area contributed by atoms with Crippen molar-refractivity contribution in [3.8, 4) is 0 Å². The number of carbonyl (C=O) groups excluding carboxylic acids is 1. The highest BCUT2D eigenvalue weighted by atomic mass is 19.4. The van der Waals surface area contributed by atoms with Gasteiger partial charge in [-0.25, -0.2) is 0 Å². The molecule has 17 heavy (non-hydrogen) atoms. The number of hydrogen-bond acceptors (Lipinski definition) is 3. The van der Waals surface area contributed by atoms with Crippen molar-refractivity contribution in [1.82, 2.24) is 5.01 Å². The molecule has 1 aliphatic carbocycles. The Kier molecular flexibility index (Phi) is 2.68. The fraction of sp³-hybridized carbons (Fsp3) is 0.800. The Bertz CT molecular complexity index is 380. The lowest BCUT2D eigenvalue weighted by molar-refractivity contribution is -0.316. The largest absolute Gasteiger partial charge is 0.439 e. The lowest BCUT2D eigenvalue weighted by atomic mass is 9.80. The molecule has 4 nitrogen and oxygen atoms in total. The maximum Gasteiger partial charge on any atom is 0.439 e. The van der Waals surface area contributed by atoms with Gasteiger partial charge in [-0.3, -0.25) is 4.79 Å². The summed E-state index contributed by atoms with van der Waals surface area (Å²) in [5.74, 6) is -2.01. The topological polar surface area (TPSA) is 52.9 Å². The molecule has 0 radical (unpaired) electrons. The third kappa shape index (κ3) is 1.64. The first-order valence-electron chi connectivity index (χ1n) is 5.45. The molecule has 1 amide bonds. The lowest BCUT2D eigenvalue weighted by Gasteiger charge is -2.37. The number of amides is 1. The number of nitrogens with zero attached hydrogens (tertiary/aromatic N) is 2. The van der Waals surface area contributed by atoms with Crippen molar-refractivity contribution in [3.05, 3.63) is 0 Å². The van der Waals surface area contributed by atoms with Gasteiger partial charge in [0.15, 0.2) is 0 Å². The van der Waals surface area contributed by atoms with Gasteiger partial charge in [0, 0.05) is 12.6 Å². The van der Waals surface area contributed by atoms with Gasteiger partial charge in [0.1, 0.15) is 0 Å². The summed E-state index contributed by atoms with van der Waals surface area (Å²) in [6, 6.07) is 0. The van der Waals surface area contributed by atoms with Crippen molar-refractivity contribution in [3.63, 3.8) is 0 Å². The highest BCUT2D eigenvalue weighted by Crippen LogP contribution is 2.47. The second-order valence-corrected chi connectivity index (χ2v) is 4.44. The molecule has 1 aliphatic heterocycles. The van der Waals surface area contributed by atoms with Gasteiger partial charge in [0.2, 0.25) is 5.91 Å². The Labute approximate surface area is 96.1 Å². The molecule has 1 N–H and O–H groups in total. The van der Waals surface area contributed by atoms with Crippen LogP contribution in [0.3, 0.4) is 0 Å². The van der Waals surface area contributed by atoms with Crippen molar-refractivity contribution >= 4 is 11.6 Å². The summed E-state index contributed by atoms with van der Waals surface area (Å²) in [6.45, 7) is 0.970. The Hall–Kier alpha value is -1.11. The van der Waals surface area contributed by atoms with Crippen molar-refractivity contribution < 1.29 is 23.1 Å². The summed E-state index contributed by atoms with van der Waals surface area (Å²) in [4.78, 5) is 11.2. The third-order valence-corrected chi connectivity index (χ3v) is 3.33. The SMILES string of the molecule is CC(=O)N1N=C2CCCC[C@H]2[C@@]1(O)C(F)(F)F. The van der Waals surface area contributed by atoms with E-state index in [0.717, 1.165) is 13.3 Å². The lowest BCUT2D eigenvalue weighted by Crippen LogP contribution is -2.61. The fourth-order valence-corrected chi connectivity index (χ4v) is 2.53. The molecule has 7 heteroatoms. The number of hydrogen-bond donors (Lipinski definition) is 1. The molecule has 0 aromatic rings. The number of fused-ring (bicyclic) bond motifs is 1. The van der Waals surface area contributed by atoms with E-state index in [4.69, 9.17) is 0 Å². The molecule has 2 aliphatic rings. The first kappa shape index (κ1) is 12.3. The van der Waals surface area contributed by atoms with Crippen LogP contribution in [0.5, 0.6) is 0 Å². The van der Waals surface area contributed by atoms with E-state index in [0.29, 0.717) is 12.8 Å². The maximum absolute atomic E-state index is 13.0. The smallest absolute Gasteiger partial charge is 0.362 e. The van der Waals surface area contributed by atoms with Crippen LogP contribution in [0.1, 0.15) is 32.6 Å². The average molecular weight is 250 g/mol. The van der Waals surface area contributed by atoms with E-state index in [1.54, 1.807) is 0 Å². The first-order chi connectivity index (χ1) is 7.78. The number of rotatable bonds is 0. The summed E-state index contributed by atoms with van der Waals surface area (Å²) in [5.41, 5.74) is -2.87. The van der Waals surface area contributed by atoms with E-state index in [-0.39, 0.29) is 17.1 Å². The van der Waals surface area contributed by atoms with Crippen LogP contribution in [0, 0.1) is 5.92 Å². The molecule has 0 spiro atoms. The van der Waals surface area contributed by atoms with Crippen LogP contribution in [-0.4, -0.2) is 33.6 Å². The van der Waals surface area contributed by atoms with Gasteiger partial charge in [-0.2, -0.15) is 23.3 Å². The monoisotopic (exact) mass is 250 g/mol. The molecule has 0 unspecified atom stereocenters. The van der Waals surface area contributed by atoms with Gasteiger partial charge < -0.3 is 5.11 Å². The quantitative estimate of drug-likeness (QED) is 0.710. The first-order valence-corrected chi connectivity index (χ1v) is 5.45. The molecule has 1 fully saturated rings. The van der Waals surface area contributed by atoms with Gasteiger partial charge in [-0.15, -0.1) is 0 Å². The molecule has 0 bridgehead atoms. The molecule has 0 aromatic carbocycles. The highest BCUT2D eigenvalue weighted by molar-refractivity contribution is 5.92. The Balaban J connectivity index is 2.45. The number of carbonyl (C=O) groups is 1. The molecular weight excluding hydrogens is 237 g/mol. The number of alkyl halides is 3. The van der Waals surface area contributed by atoms with Crippen molar-refractivity contribution in [2.45, 2.75) is 44.5 Å². The van der Waals surface area contributed by atoms with Gasteiger partial charge in [0.25, 0.3) is 5.72 Å². The normalized spacial score (nSPS) is 33.4. The molecular formula is C10H13F3N2O2. The number of halogens is 3. The van der Waals surface area contributed by atoms with Crippen LogP contribution in [0.4, 0.5) is 13.2 Å². The molecule has 96 valence electrons. The second-order valence-electron chi connectivity index (χ2n) is 4.44. The number of hydrazone groups is 1. The second kappa shape index (κ2) is 3.69. The minimum absolute atomic E-state index is 0.193. The zero-order valence-electron chi connectivity index (χ0n) is 9.29. The van der Waals surface area contributed by atoms with E-state index < -0.39 is 23.7 Å². The Morgan fingerprint density at radius 3 is 2.71 bits per heavy atom. The maximum atomic E-state index is 13.0. The minimum atomic E-state index is -4.90. The van der Waals surface area contributed by atoms with E-state index >= 15 is 0 Å². The third-order valence-electron chi connectivity index (χ3n) is 3.33. The van der Waals surface area contributed by atoms with Crippen molar-refractivity contribution in [2.75, 3.05) is 0 Å². The predicted octanol–water partition coefficient (Wildman–Crippen LogP) is 1.65. The van der Waals surface area contributed by atoms with Crippen LogP contribution in [0.25, 0.3) is 0 Å². The highest BCUT2D eigenvalue weighted by Gasteiger charge is 2.67. The standard InChI is InChI=1S/C10H13F3N2O2/c1-6(16)15-9(17,10(11,12)13)7-4-2-3-5-8(7)14-15/h7,17H,2-5H2,1H3/t7-,9-/m1/s1. The molecule has 0 saturated heterocycles. The van der Waals surface area contributed by atoms with E-state index in [9.17, 15) is 23.1 Å². The van der Waals surface area contributed by atoms with E-state index in [1.165, 1.54) is 0 Å². The summed E-state index contributed by atoms with van der Waals surface area (Å²) >= 11 is 0. The fourth-order valence-electron chi connectivity index (χ4n) is 2.53. The van der Waals surface area contributed by atoms with Crippen LogP contribution >= 0.6 is 0 Å². The van der Waals surface area contributed by atoms with Crippen LogP contribution < -0.4 is 0 Å². The summed E-state index contributed by atoms with van der Waals surface area (Å²) in [7, 11) is 0. The Morgan fingerprint density at radius 1 is 1.53 bits per heavy atom. The van der Waals surface area contributed by atoms with Gasteiger partial charge >= 0.3 is 6.18 Å². The predicted molar refractivity (Wildman–Crippen MR) is 52.9 cm³/mol. The minimum Gasteiger partial charge on any atom is -0.362 e. The van der Waals surface area contributed by atoms with Gasteiger partial charge in [-0.05, 0) is 19.3 Å². The van der Waals surface area contributed by atoms with Crippen LogP contribution in [-0.2, 0) is 4.79 Å². The van der Waals surface area contributed by atoms with Gasteiger partial charge in [-0.1, -0.05) is 6.42 Å². The molecule has 0 aromatic heterocycles. The van der Waals surface area contributed by atoms with Crippen LogP contribution in [0.2, 0.25) is 0 Å². The van der Waals surface area contributed by atoms with Crippen molar-refractivity contribution in [2.24, 2.45) is 11.0 Å². The van der Waals surface area contributed by atoms with Crippen LogP contribution in [0.15, 0.2) is 5.10 Å².